The Morgan fingerprint density at radius 2 is 2.57 bits per heavy atom. The first kappa shape index (κ1) is 5.53. The van der Waals surface area contributed by atoms with E-state index in [-0.39, 0.29) is 0 Å². The summed E-state index contributed by atoms with van der Waals surface area (Å²) < 4.78 is 12.5. The maximum atomic E-state index is 7.50. The molecule has 0 N–H and O–H groups in total. The van der Waals surface area contributed by atoms with E-state index >= 15 is 0 Å². The summed E-state index contributed by atoms with van der Waals surface area (Å²) in [5, 5.41) is 0. The van der Waals surface area contributed by atoms with Crippen molar-refractivity contribution < 1.29 is 4.43 Å². The first-order chi connectivity index (χ1) is 3.62. The summed E-state index contributed by atoms with van der Waals surface area (Å²) in [6.45, 7) is 4.03. The van der Waals surface area contributed by atoms with Gasteiger partial charge in [-0.2, -0.15) is 0 Å². The molecule has 0 spiro atoms. The van der Waals surface area contributed by atoms with Crippen LogP contribution < -0.4 is 0 Å². The third-order valence-electron chi connectivity index (χ3n) is 0.774. The van der Waals surface area contributed by atoms with E-state index in [9.17, 15) is 0 Å². The van der Waals surface area contributed by atoms with Gasteiger partial charge in [-0.15, -0.1) is 0 Å². The third kappa shape index (κ3) is 4.24. The SMILES string of the molecule is [2H][Si](C)(C[Si]C)OC. The lowest BCUT2D eigenvalue weighted by Crippen LogP contribution is -2.11. The first-order valence-corrected chi connectivity index (χ1v) is 6.14. The van der Waals surface area contributed by atoms with Crippen molar-refractivity contribution in [3.8, 4) is 0 Å². The van der Waals surface area contributed by atoms with Crippen LogP contribution in [0.5, 0.6) is 0 Å². The number of hydrogen-bond donors (Lipinski definition) is 0. The second kappa shape index (κ2) is 4.55. The van der Waals surface area contributed by atoms with Crippen LogP contribution in [0, 0.1) is 0 Å². The van der Waals surface area contributed by atoms with Crippen molar-refractivity contribution in [3.05, 3.63) is 0 Å². The van der Waals surface area contributed by atoms with Crippen LogP contribution in [0.4, 0.5) is 0 Å². The van der Waals surface area contributed by atoms with E-state index in [0.29, 0.717) is 0 Å². The van der Waals surface area contributed by atoms with Gasteiger partial charge < -0.3 is 4.43 Å². The molecule has 1 atom stereocenters. The van der Waals surface area contributed by atoms with Gasteiger partial charge in [0, 0.05) is 17.9 Å². The molecule has 0 fully saturated rings. The molecule has 0 heterocycles. The minimum atomic E-state index is -1.91. The molecule has 0 aromatic carbocycles. The predicted octanol–water partition coefficient (Wildman–Crippen LogP) is 0.696. The molecule has 1 nitrogen and oxygen atoms in total. The van der Waals surface area contributed by atoms with E-state index < -0.39 is 8.97 Å². The fraction of sp³-hybridized carbons (Fsp3) is 1.00. The fourth-order valence-electron chi connectivity index (χ4n) is 0.321. The monoisotopic (exact) mass is 133 g/mol. The van der Waals surface area contributed by atoms with E-state index in [2.05, 4.69) is 6.55 Å². The lowest BCUT2D eigenvalue weighted by Gasteiger charge is -2.01. The lowest BCUT2D eigenvalue weighted by molar-refractivity contribution is 0.428. The van der Waals surface area contributed by atoms with E-state index in [1.807, 2.05) is 6.55 Å². The van der Waals surface area contributed by atoms with Crippen molar-refractivity contribution in [1.82, 2.24) is 0 Å². The van der Waals surface area contributed by atoms with Crippen molar-refractivity contribution in [2.24, 2.45) is 0 Å². The Morgan fingerprint density at radius 3 is 2.71 bits per heavy atom. The summed E-state index contributed by atoms with van der Waals surface area (Å²) in [5.41, 5.74) is 0.976. The minimum Gasteiger partial charge on any atom is -0.424 e. The molecule has 0 aliphatic heterocycles. The van der Waals surface area contributed by atoms with Gasteiger partial charge in [-0.25, -0.2) is 0 Å². The molecule has 0 amide bonds. The summed E-state index contributed by atoms with van der Waals surface area (Å²) in [5.74, 6) is 0. The molecule has 7 heavy (non-hydrogen) atoms. The molecule has 0 saturated carbocycles. The van der Waals surface area contributed by atoms with E-state index in [0.717, 1.165) is 15.2 Å². The molecule has 2 radical (unpaired) electrons. The second-order valence-electron chi connectivity index (χ2n) is 1.44. The zero-order chi connectivity index (χ0) is 6.62. The van der Waals surface area contributed by atoms with Crippen molar-refractivity contribution in [2.45, 2.75) is 18.8 Å². The molecule has 0 aliphatic rings. The topological polar surface area (TPSA) is 9.23 Å². The van der Waals surface area contributed by atoms with E-state index in [1.54, 1.807) is 7.11 Å². The minimum absolute atomic E-state index is 0.865. The van der Waals surface area contributed by atoms with Crippen LogP contribution in [0.2, 0.25) is 18.8 Å². The molecule has 0 saturated heterocycles. The summed E-state index contributed by atoms with van der Waals surface area (Å²) >= 11 is 0. The van der Waals surface area contributed by atoms with Crippen LogP contribution in [0.25, 0.3) is 0 Å². The van der Waals surface area contributed by atoms with Crippen LogP contribution in [0.1, 0.15) is 0 Å². The van der Waals surface area contributed by atoms with Crippen LogP contribution in [-0.2, 0) is 4.43 Å². The Morgan fingerprint density at radius 1 is 2.00 bits per heavy atom. The standard InChI is InChI=1S/C4H12OSi2/c1-5-7(3)4-6-2/h7H,4H2,1-3H3/i7D. The van der Waals surface area contributed by atoms with Gasteiger partial charge in [-0.1, -0.05) is 6.55 Å². The molecular formula is C4H12OSi2. The zero-order valence-electron chi connectivity index (χ0n) is 6.12. The van der Waals surface area contributed by atoms with Crippen molar-refractivity contribution in [1.29, 1.82) is 1.23 Å². The number of rotatable bonds is 3. The largest absolute Gasteiger partial charge is 0.424 e. The molecule has 0 aliphatic carbocycles. The van der Waals surface area contributed by atoms with Gasteiger partial charge in [0.1, 0.15) is 0 Å². The molecule has 3 heteroatoms. The fourth-order valence-corrected chi connectivity index (χ4v) is 2.89. The summed E-state index contributed by atoms with van der Waals surface area (Å²) in [4.78, 5) is 0. The Kier molecular flexibility index (Phi) is 3.59. The van der Waals surface area contributed by atoms with E-state index in [4.69, 9.17) is 5.66 Å². The summed E-state index contributed by atoms with van der Waals surface area (Å²) in [7, 11) is 0.589. The van der Waals surface area contributed by atoms with Crippen LogP contribution in [-0.4, -0.2) is 26.8 Å². The number of hydrogen-bond acceptors (Lipinski definition) is 1. The molecule has 0 aromatic rings. The summed E-state index contributed by atoms with van der Waals surface area (Å²) in [6.07, 6.45) is 0. The van der Waals surface area contributed by atoms with Crippen LogP contribution in [0.15, 0.2) is 0 Å². The van der Waals surface area contributed by atoms with Gasteiger partial charge in [-0.3, -0.25) is 0 Å². The van der Waals surface area contributed by atoms with Gasteiger partial charge in [0.25, 0.3) is 0 Å². The molecular weight excluding hydrogens is 120 g/mol. The van der Waals surface area contributed by atoms with Gasteiger partial charge in [-0.05, 0) is 12.2 Å². The Balaban J connectivity index is 3.37. The van der Waals surface area contributed by atoms with Crippen LogP contribution >= 0.6 is 0 Å². The highest BCUT2D eigenvalue weighted by atomic mass is 28.3. The second-order valence-corrected chi connectivity index (χ2v) is 5.37. The maximum absolute atomic E-state index is 7.50. The van der Waals surface area contributed by atoms with Crippen molar-refractivity contribution in [2.75, 3.05) is 7.11 Å². The average Bonchev–Trinajstić information content (AvgIpc) is 1.67. The molecule has 0 aromatic heterocycles. The van der Waals surface area contributed by atoms with Crippen molar-refractivity contribution in [3.63, 3.8) is 0 Å². The normalized spacial score (nSPS) is 20.7. The van der Waals surface area contributed by atoms with Gasteiger partial charge in [0.2, 0.25) is 0 Å². The Labute approximate surface area is 50.8 Å². The first-order valence-electron chi connectivity index (χ1n) is 2.82. The average molecular weight is 133 g/mol. The quantitative estimate of drug-likeness (QED) is 0.515. The molecule has 0 bridgehead atoms. The van der Waals surface area contributed by atoms with Crippen molar-refractivity contribution >= 4 is 18.5 Å². The molecule has 42 valence electrons. The highest BCUT2D eigenvalue weighted by Gasteiger charge is 1.97. The van der Waals surface area contributed by atoms with Crippen LogP contribution in [0.3, 0.4) is 0 Å². The summed E-state index contributed by atoms with van der Waals surface area (Å²) in [6, 6.07) is 0. The van der Waals surface area contributed by atoms with E-state index in [1.165, 1.54) is 0 Å². The highest BCUT2D eigenvalue weighted by Crippen LogP contribution is 1.87. The Hall–Kier alpha value is 0.394. The lowest BCUT2D eigenvalue weighted by atomic mass is 11.8. The van der Waals surface area contributed by atoms with Gasteiger partial charge in [0.05, 0.1) is 0 Å². The maximum Gasteiger partial charge on any atom is 0.170 e. The Bertz CT molecular complexity index is 67.1. The highest BCUT2D eigenvalue weighted by molar-refractivity contribution is 6.63. The van der Waals surface area contributed by atoms with Gasteiger partial charge in [0.15, 0.2) is 8.97 Å². The smallest absolute Gasteiger partial charge is 0.170 e. The third-order valence-corrected chi connectivity index (χ3v) is 4.88. The molecule has 1 unspecified atom stereocenters. The molecule has 0 rings (SSSR count). The zero-order valence-corrected chi connectivity index (χ0v) is 7.12. The van der Waals surface area contributed by atoms with Gasteiger partial charge >= 0.3 is 0 Å². The predicted molar refractivity (Wildman–Crippen MR) is 36.4 cm³/mol.